The van der Waals surface area contributed by atoms with Crippen LogP contribution in [-0.2, 0) is 17.1 Å². The smallest absolute Gasteiger partial charge is 0.417 e. The van der Waals surface area contributed by atoms with Crippen molar-refractivity contribution in [2.24, 2.45) is 0 Å². The number of piperazine rings is 1. The molecule has 0 aliphatic carbocycles. The molecule has 13 heteroatoms. The van der Waals surface area contributed by atoms with Gasteiger partial charge < -0.3 is 9.64 Å². The van der Waals surface area contributed by atoms with Crippen LogP contribution in [0, 0.1) is 0 Å². The number of benzene rings is 1. The van der Waals surface area contributed by atoms with Crippen LogP contribution < -0.4 is 10.2 Å². The van der Waals surface area contributed by atoms with E-state index in [9.17, 15) is 31.1 Å². The Morgan fingerprint density at radius 3 is 2.30 bits per heavy atom. The summed E-state index contributed by atoms with van der Waals surface area (Å²) >= 11 is 5.98. The van der Waals surface area contributed by atoms with E-state index in [1.54, 1.807) is 4.90 Å². The van der Waals surface area contributed by atoms with E-state index in [0.29, 0.717) is 32.7 Å². The van der Waals surface area contributed by atoms with E-state index in [0.717, 1.165) is 24.4 Å². The van der Waals surface area contributed by atoms with Crippen molar-refractivity contribution in [3.05, 3.63) is 52.7 Å². The lowest BCUT2D eigenvalue weighted by atomic mass is 10.2. The number of aromatic nitrogens is 1. The van der Waals surface area contributed by atoms with E-state index in [1.807, 2.05) is 4.90 Å². The number of nitrogens with zero attached hydrogens (tertiary/aromatic N) is 3. The van der Waals surface area contributed by atoms with Crippen molar-refractivity contribution in [2.45, 2.75) is 12.4 Å². The van der Waals surface area contributed by atoms with Gasteiger partial charge in [-0.1, -0.05) is 17.7 Å². The van der Waals surface area contributed by atoms with Gasteiger partial charge in [-0.05, 0) is 24.3 Å². The molecule has 6 nitrogen and oxygen atoms in total. The molecule has 33 heavy (non-hydrogen) atoms. The summed E-state index contributed by atoms with van der Waals surface area (Å²) in [5.41, 5.74) is -1.85. The van der Waals surface area contributed by atoms with Crippen LogP contribution in [0.5, 0.6) is 0 Å². The van der Waals surface area contributed by atoms with Crippen LogP contribution in [0.3, 0.4) is 0 Å². The van der Waals surface area contributed by atoms with Gasteiger partial charge in [-0.15, -0.1) is 0 Å². The lowest BCUT2D eigenvalue weighted by Crippen LogP contribution is -2.47. The third-order valence-electron chi connectivity index (χ3n) is 4.90. The first-order valence-corrected chi connectivity index (χ1v) is 10.1. The number of ether oxygens (including phenoxy) is 1. The van der Waals surface area contributed by atoms with E-state index in [2.05, 4.69) is 10.3 Å². The highest BCUT2D eigenvalue weighted by Gasteiger charge is 2.32. The monoisotopic (exact) mass is 496 g/mol. The number of pyridine rings is 1. The average Bonchev–Trinajstić information content (AvgIpc) is 2.73. The van der Waals surface area contributed by atoms with Gasteiger partial charge in [0.05, 0.1) is 16.1 Å². The topological polar surface area (TPSA) is 57.7 Å². The number of hydrogen-bond donors (Lipinski definition) is 1. The summed E-state index contributed by atoms with van der Waals surface area (Å²) in [5, 5.41) is 2.16. The van der Waals surface area contributed by atoms with Crippen LogP contribution in [-0.4, -0.2) is 55.3 Å². The Bertz CT molecular complexity index is 978. The second-order valence-corrected chi connectivity index (χ2v) is 7.60. The molecular formula is C20H19ClF6N4O2. The van der Waals surface area contributed by atoms with Gasteiger partial charge in [0, 0.05) is 44.6 Å². The van der Waals surface area contributed by atoms with Gasteiger partial charge in [0.25, 0.3) is 0 Å². The minimum atomic E-state index is -4.53. The number of halogens is 7. The van der Waals surface area contributed by atoms with Gasteiger partial charge in [0.15, 0.2) is 0 Å². The highest BCUT2D eigenvalue weighted by atomic mass is 35.5. The zero-order valence-electron chi connectivity index (χ0n) is 17.0. The maximum Gasteiger partial charge on any atom is 0.417 e. The fourth-order valence-corrected chi connectivity index (χ4v) is 3.48. The molecule has 0 atom stereocenters. The maximum atomic E-state index is 12.8. The lowest BCUT2D eigenvalue weighted by molar-refractivity contribution is -0.138. The van der Waals surface area contributed by atoms with Crippen molar-refractivity contribution in [1.82, 2.24) is 9.88 Å². The molecule has 1 N–H and O–H groups in total. The maximum absolute atomic E-state index is 12.8. The molecule has 0 bridgehead atoms. The summed E-state index contributed by atoms with van der Waals surface area (Å²) in [6, 6.07) is 5.03. The Hall–Kier alpha value is -2.73. The molecule has 1 aliphatic rings. The van der Waals surface area contributed by atoms with E-state index >= 15 is 0 Å². The molecule has 1 fully saturated rings. The molecule has 1 aromatic carbocycles. The average molecular weight is 497 g/mol. The van der Waals surface area contributed by atoms with Crippen molar-refractivity contribution >= 4 is 29.2 Å². The Morgan fingerprint density at radius 2 is 1.70 bits per heavy atom. The van der Waals surface area contributed by atoms with Crippen LogP contribution in [0.4, 0.5) is 42.6 Å². The SMILES string of the molecule is O=C(Nc1cccc(C(F)(F)F)c1)OCCN1CCN(c2ncc(C(F)(F)F)cc2Cl)CC1. The number of carbonyl (C=O) groups excluding carboxylic acids is 1. The standard InChI is InChI=1S/C20H19ClF6N4O2/c21-16-11-14(20(25,26)27)12-28-17(16)31-6-4-30(5-7-31)8-9-33-18(32)29-15-3-1-2-13(10-15)19(22,23)24/h1-3,10-12H,4-9H2,(H,29,32). The molecule has 2 aromatic rings. The molecule has 0 radical (unpaired) electrons. The summed E-state index contributed by atoms with van der Waals surface area (Å²) in [6.07, 6.45) is -9.19. The second kappa shape index (κ2) is 10.0. The number of amides is 1. The van der Waals surface area contributed by atoms with Gasteiger partial charge in [-0.2, -0.15) is 26.3 Å². The third-order valence-corrected chi connectivity index (χ3v) is 5.18. The Kier molecular flexibility index (Phi) is 7.58. The number of alkyl halides is 6. The summed E-state index contributed by atoms with van der Waals surface area (Å²) < 4.78 is 81.5. The van der Waals surface area contributed by atoms with Gasteiger partial charge in [-0.3, -0.25) is 10.2 Å². The summed E-state index contributed by atoms with van der Waals surface area (Å²) in [6.45, 7) is 2.33. The van der Waals surface area contributed by atoms with E-state index < -0.39 is 29.6 Å². The minimum Gasteiger partial charge on any atom is -0.448 e. The van der Waals surface area contributed by atoms with Crippen molar-refractivity contribution in [3.8, 4) is 0 Å². The Labute approximate surface area is 190 Å². The van der Waals surface area contributed by atoms with Crippen LogP contribution in [0.2, 0.25) is 5.02 Å². The highest BCUT2D eigenvalue weighted by Crippen LogP contribution is 2.34. The number of hydrogen-bond acceptors (Lipinski definition) is 5. The van der Waals surface area contributed by atoms with Crippen LogP contribution >= 0.6 is 11.6 Å². The molecule has 180 valence electrons. The normalized spacial score (nSPS) is 15.4. The molecule has 1 aliphatic heterocycles. The molecule has 0 unspecified atom stereocenters. The first-order valence-electron chi connectivity index (χ1n) is 9.74. The first kappa shape index (κ1) is 24.9. The van der Waals surface area contributed by atoms with E-state index in [1.165, 1.54) is 12.1 Å². The van der Waals surface area contributed by atoms with Gasteiger partial charge in [0.2, 0.25) is 0 Å². The quantitative estimate of drug-likeness (QED) is 0.581. The van der Waals surface area contributed by atoms with Crippen LogP contribution in [0.25, 0.3) is 0 Å². The molecule has 1 aromatic heterocycles. The number of rotatable bonds is 5. The number of nitrogens with one attached hydrogen (secondary N) is 1. The zero-order chi connectivity index (χ0) is 24.2. The Balaban J connectivity index is 1.43. The molecule has 3 rings (SSSR count). The van der Waals surface area contributed by atoms with Gasteiger partial charge >= 0.3 is 18.4 Å². The predicted octanol–water partition coefficient (Wildman–Crippen LogP) is 5.14. The lowest BCUT2D eigenvalue weighted by Gasteiger charge is -2.35. The highest BCUT2D eigenvalue weighted by molar-refractivity contribution is 6.33. The Morgan fingerprint density at radius 1 is 1.03 bits per heavy atom. The van der Waals surface area contributed by atoms with Gasteiger partial charge in [0.1, 0.15) is 12.4 Å². The third kappa shape index (κ3) is 6.87. The predicted molar refractivity (Wildman–Crippen MR) is 109 cm³/mol. The van der Waals surface area contributed by atoms with Crippen molar-refractivity contribution in [3.63, 3.8) is 0 Å². The van der Waals surface area contributed by atoms with Crippen LogP contribution in [0.1, 0.15) is 11.1 Å². The molecule has 0 spiro atoms. The summed E-state index contributed by atoms with van der Waals surface area (Å²) in [7, 11) is 0. The fraction of sp³-hybridized carbons (Fsp3) is 0.400. The van der Waals surface area contributed by atoms with Crippen LogP contribution in [0.15, 0.2) is 36.5 Å². The van der Waals surface area contributed by atoms with E-state index in [4.69, 9.17) is 16.3 Å². The van der Waals surface area contributed by atoms with Crippen molar-refractivity contribution in [1.29, 1.82) is 0 Å². The first-order chi connectivity index (χ1) is 15.4. The van der Waals surface area contributed by atoms with Crippen molar-refractivity contribution in [2.75, 3.05) is 49.5 Å². The van der Waals surface area contributed by atoms with Crippen molar-refractivity contribution < 1.29 is 35.9 Å². The number of carbonyl (C=O) groups is 1. The molecule has 0 saturated carbocycles. The summed E-state index contributed by atoms with van der Waals surface area (Å²) in [4.78, 5) is 19.4. The zero-order valence-corrected chi connectivity index (χ0v) is 17.8. The fourth-order valence-electron chi connectivity index (χ4n) is 3.20. The molecular weight excluding hydrogens is 478 g/mol. The molecule has 1 saturated heterocycles. The molecule has 2 heterocycles. The van der Waals surface area contributed by atoms with E-state index in [-0.39, 0.29) is 23.1 Å². The summed E-state index contributed by atoms with van der Waals surface area (Å²) in [5.74, 6) is 0.265. The molecule has 1 amide bonds. The minimum absolute atomic E-state index is 0.00405. The largest absolute Gasteiger partial charge is 0.448 e. The second-order valence-electron chi connectivity index (χ2n) is 7.20. The number of anilines is 2. The van der Waals surface area contributed by atoms with Gasteiger partial charge in [-0.25, -0.2) is 9.78 Å².